The van der Waals surface area contributed by atoms with E-state index in [0.717, 1.165) is 0 Å². The average molecular weight is 300 g/mol. The highest BCUT2D eigenvalue weighted by atomic mass is 35.5. The second kappa shape index (κ2) is 5.47. The van der Waals surface area contributed by atoms with E-state index in [1.807, 2.05) is 13.0 Å². The number of benzene rings is 1. The number of rotatable bonds is 2. The Morgan fingerprint density at radius 2 is 2.26 bits per heavy atom. The van der Waals surface area contributed by atoms with Gasteiger partial charge in [0.2, 0.25) is 10.0 Å². The van der Waals surface area contributed by atoms with Gasteiger partial charge in [-0.25, -0.2) is 8.42 Å². The molecule has 19 heavy (non-hydrogen) atoms. The summed E-state index contributed by atoms with van der Waals surface area (Å²) in [5.74, 6) is 0. The van der Waals surface area contributed by atoms with E-state index in [4.69, 9.17) is 16.9 Å². The fourth-order valence-electron chi connectivity index (χ4n) is 2.06. The summed E-state index contributed by atoms with van der Waals surface area (Å²) in [6.45, 7) is 3.30. The van der Waals surface area contributed by atoms with Crippen molar-refractivity contribution in [2.24, 2.45) is 0 Å². The first kappa shape index (κ1) is 14.3. The molecule has 1 aromatic rings. The van der Waals surface area contributed by atoms with Gasteiger partial charge in [-0.3, -0.25) is 0 Å². The molecule has 1 saturated heterocycles. The molecule has 1 atom stereocenters. The van der Waals surface area contributed by atoms with Crippen LogP contribution in [-0.4, -0.2) is 38.4 Å². The van der Waals surface area contributed by atoms with Gasteiger partial charge in [0, 0.05) is 30.7 Å². The van der Waals surface area contributed by atoms with Crippen molar-refractivity contribution in [2.45, 2.75) is 17.9 Å². The molecule has 1 fully saturated rings. The number of nitrogens with one attached hydrogen (secondary N) is 1. The van der Waals surface area contributed by atoms with E-state index in [2.05, 4.69) is 5.32 Å². The molecule has 1 aliphatic rings. The Morgan fingerprint density at radius 3 is 2.89 bits per heavy atom. The number of nitriles is 1. The van der Waals surface area contributed by atoms with E-state index in [0.29, 0.717) is 24.7 Å². The van der Waals surface area contributed by atoms with Crippen LogP contribution in [0.4, 0.5) is 0 Å². The monoisotopic (exact) mass is 299 g/mol. The predicted octanol–water partition coefficient (Wildman–Crippen LogP) is 1.19. The zero-order valence-corrected chi connectivity index (χ0v) is 12.0. The van der Waals surface area contributed by atoms with Gasteiger partial charge in [0.05, 0.1) is 5.56 Å². The molecule has 5 nitrogen and oxygen atoms in total. The SMILES string of the molecule is C[C@H]1CN(S(=O)(=O)c2cc(Cl)ccc2C#N)CCN1. The van der Waals surface area contributed by atoms with Crippen LogP contribution >= 0.6 is 11.6 Å². The quantitative estimate of drug-likeness (QED) is 0.890. The van der Waals surface area contributed by atoms with Gasteiger partial charge in [-0.05, 0) is 25.1 Å². The predicted molar refractivity (Wildman–Crippen MR) is 72.4 cm³/mol. The zero-order valence-electron chi connectivity index (χ0n) is 10.4. The number of halogens is 1. The van der Waals surface area contributed by atoms with E-state index in [1.165, 1.54) is 22.5 Å². The molecule has 0 radical (unpaired) electrons. The maximum Gasteiger partial charge on any atom is 0.244 e. The van der Waals surface area contributed by atoms with Crippen LogP contribution in [0, 0.1) is 11.3 Å². The minimum absolute atomic E-state index is 0.0170. The number of piperazine rings is 1. The summed E-state index contributed by atoms with van der Waals surface area (Å²) < 4.78 is 26.5. The molecule has 0 spiro atoms. The van der Waals surface area contributed by atoms with E-state index in [1.54, 1.807) is 0 Å². The second-order valence-corrected chi connectivity index (χ2v) is 6.81. The molecule has 1 N–H and O–H groups in total. The first-order valence-corrected chi connectivity index (χ1v) is 7.70. The molecule has 0 aromatic heterocycles. The van der Waals surface area contributed by atoms with Crippen LogP contribution in [0.2, 0.25) is 5.02 Å². The third-order valence-electron chi connectivity index (χ3n) is 3.01. The number of hydrogen-bond acceptors (Lipinski definition) is 4. The third-order valence-corrected chi connectivity index (χ3v) is 5.15. The van der Waals surface area contributed by atoms with Crippen LogP contribution in [0.15, 0.2) is 23.1 Å². The Kier molecular flexibility index (Phi) is 4.11. The molecule has 1 aliphatic heterocycles. The third kappa shape index (κ3) is 2.90. The van der Waals surface area contributed by atoms with Gasteiger partial charge < -0.3 is 5.32 Å². The molecule has 102 valence electrons. The van der Waals surface area contributed by atoms with E-state index < -0.39 is 10.0 Å². The van der Waals surface area contributed by atoms with Crippen molar-refractivity contribution in [3.05, 3.63) is 28.8 Å². The Hall–Kier alpha value is -1.13. The summed E-state index contributed by atoms with van der Waals surface area (Å²) in [6.07, 6.45) is 0. The molecular formula is C12H14ClN3O2S. The molecule has 0 bridgehead atoms. The molecule has 0 aliphatic carbocycles. The summed E-state index contributed by atoms with van der Waals surface area (Å²) >= 11 is 5.84. The maximum absolute atomic E-state index is 12.6. The normalized spacial score (nSPS) is 21.0. The topological polar surface area (TPSA) is 73.2 Å². The van der Waals surface area contributed by atoms with Crippen molar-refractivity contribution in [1.29, 1.82) is 5.26 Å². The molecule has 0 saturated carbocycles. The van der Waals surface area contributed by atoms with Crippen molar-refractivity contribution < 1.29 is 8.42 Å². The van der Waals surface area contributed by atoms with Crippen LogP contribution in [0.5, 0.6) is 0 Å². The van der Waals surface area contributed by atoms with E-state index >= 15 is 0 Å². The molecular weight excluding hydrogens is 286 g/mol. The van der Waals surface area contributed by atoms with Crippen molar-refractivity contribution in [3.8, 4) is 6.07 Å². The lowest BCUT2D eigenvalue weighted by molar-refractivity contribution is 0.310. The van der Waals surface area contributed by atoms with Gasteiger partial charge in [-0.2, -0.15) is 9.57 Å². The zero-order chi connectivity index (χ0) is 14.0. The first-order chi connectivity index (χ1) is 8.95. The lowest BCUT2D eigenvalue weighted by atomic mass is 10.2. The van der Waals surface area contributed by atoms with Gasteiger partial charge >= 0.3 is 0 Å². The molecule has 1 aromatic carbocycles. The van der Waals surface area contributed by atoms with Crippen molar-refractivity contribution in [3.63, 3.8) is 0 Å². The summed E-state index contributed by atoms with van der Waals surface area (Å²) in [6, 6.07) is 6.27. The largest absolute Gasteiger partial charge is 0.312 e. The van der Waals surface area contributed by atoms with Gasteiger partial charge in [0.1, 0.15) is 11.0 Å². The Morgan fingerprint density at radius 1 is 1.53 bits per heavy atom. The van der Waals surface area contributed by atoms with Gasteiger partial charge in [-0.15, -0.1) is 0 Å². The lowest BCUT2D eigenvalue weighted by Gasteiger charge is -2.31. The summed E-state index contributed by atoms with van der Waals surface area (Å²) in [5.41, 5.74) is 0.121. The lowest BCUT2D eigenvalue weighted by Crippen LogP contribution is -2.51. The van der Waals surface area contributed by atoms with Crippen molar-refractivity contribution in [1.82, 2.24) is 9.62 Å². The Bertz CT molecular complexity index is 624. The number of sulfonamides is 1. The molecule has 7 heteroatoms. The number of hydrogen-bond donors (Lipinski definition) is 1. The Balaban J connectivity index is 2.45. The van der Waals surface area contributed by atoms with Crippen molar-refractivity contribution >= 4 is 21.6 Å². The van der Waals surface area contributed by atoms with E-state index in [-0.39, 0.29) is 16.5 Å². The van der Waals surface area contributed by atoms with Crippen LogP contribution in [0.1, 0.15) is 12.5 Å². The minimum Gasteiger partial charge on any atom is -0.312 e. The molecule has 1 heterocycles. The van der Waals surface area contributed by atoms with Crippen molar-refractivity contribution in [2.75, 3.05) is 19.6 Å². The average Bonchev–Trinajstić information content (AvgIpc) is 2.38. The van der Waals surface area contributed by atoms with Gasteiger partial charge in [-0.1, -0.05) is 11.6 Å². The summed E-state index contributed by atoms with van der Waals surface area (Å²) in [5, 5.41) is 12.5. The van der Waals surface area contributed by atoms with Gasteiger partial charge in [0.15, 0.2) is 0 Å². The highest BCUT2D eigenvalue weighted by Gasteiger charge is 2.30. The maximum atomic E-state index is 12.6. The smallest absolute Gasteiger partial charge is 0.244 e. The van der Waals surface area contributed by atoms with Crippen LogP contribution in [0.25, 0.3) is 0 Å². The highest BCUT2D eigenvalue weighted by molar-refractivity contribution is 7.89. The molecule has 0 amide bonds. The second-order valence-electron chi connectivity index (χ2n) is 4.47. The van der Waals surface area contributed by atoms with E-state index in [9.17, 15) is 8.42 Å². The summed E-state index contributed by atoms with van der Waals surface area (Å²) in [7, 11) is -3.67. The standard InChI is InChI=1S/C12H14ClN3O2S/c1-9-8-16(5-4-15-9)19(17,18)12-6-11(13)3-2-10(12)7-14/h2-3,6,9,15H,4-5,8H2,1H3/t9-/m0/s1. The van der Waals surface area contributed by atoms with Crippen LogP contribution < -0.4 is 5.32 Å². The first-order valence-electron chi connectivity index (χ1n) is 5.88. The fourth-order valence-corrected chi connectivity index (χ4v) is 3.99. The highest BCUT2D eigenvalue weighted by Crippen LogP contribution is 2.24. The number of nitrogens with zero attached hydrogens (tertiary/aromatic N) is 2. The summed E-state index contributed by atoms with van der Waals surface area (Å²) in [4.78, 5) is -0.0170. The minimum atomic E-state index is -3.67. The fraction of sp³-hybridized carbons (Fsp3) is 0.417. The Labute approximate surface area is 117 Å². The van der Waals surface area contributed by atoms with Crippen LogP contribution in [-0.2, 0) is 10.0 Å². The molecule has 2 rings (SSSR count). The van der Waals surface area contributed by atoms with Crippen LogP contribution in [0.3, 0.4) is 0 Å². The van der Waals surface area contributed by atoms with Gasteiger partial charge in [0.25, 0.3) is 0 Å². The molecule has 0 unspecified atom stereocenters.